The zero-order chi connectivity index (χ0) is 17.6. The summed E-state index contributed by atoms with van der Waals surface area (Å²) in [7, 11) is 1.87. The number of rotatable bonds is 2. The van der Waals surface area contributed by atoms with Crippen molar-refractivity contribution in [1.29, 1.82) is 0 Å². The lowest BCUT2D eigenvalue weighted by Crippen LogP contribution is -2.46. The molecule has 3 heterocycles. The molecule has 0 unspecified atom stereocenters. The number of benzene rings is 1. The van der Waals surface area contributed by atoms with Crippen LogP contribution in [0.5, 0.6) is 0 Å². The number of thioether (sulfide) groups is 1. The minimum Gasteiger partial charge on any atom is -0.343 e. The lowest BCUT2D eigenvalue weighted by atomic mass is 10.2. The Morgan fingerprint density at radius 2 is 1.96 bits per heavy atom. The number of amides is 1. The summed E-state index contributed by atoms with van der Waals surface area (Å²) in [4.78, 5) is 21.2. The van der Waals surface area contributed by atoms with Crippen molar-refractivity contribution in [2.24, 2.45) is 12.0 Å². The first-order chi connectivity index (χ1) is 12.0. The fraction of sp³-hybridized carbons (Fsp3) is 0.278. The monoisotopic (exact) mass is 353 g/mol. The van der Waals surface area contributed by atoms with Gasteiger partial charge in [-0.25, -0.2) is 4.99 Å². The summed E-state index contributed by atoms with van der Waals surface area (Å²) in [5, 5.41) is 5.09. The van der Waals surface area contributed by atoms with Gasteiger partial charge in [0.2, 0.25) is 0 Å². The highest BCUT2D eigenvalue weighted by atomic mass is 32.2. The summed E-state index contributed by atoms with van der Waals surface area (Å²) in [5.41, 5.74) is 4.64. The van der Waals surface area contributed by atoms with Gasteiger partial charge in [-0.15, -0.1) is 0 Å². The number of hydrogen-bond acceptors (Lipinski definition) is 5. The van der Waals surface area contributed by atoms with Crippen LogP contribution in [0.3, 0.4) is 0 Å². The number of fused-ring (bicyclic) bond motifs is 1. The molecule has 1 amide bonds. The van der Waals surface area contributed by atoms with Crippen molar-refractivity contribution in [3.63, 3.8) is 0 Å². The summed E-state index contributed by atoms with van der Waals surface area (Å²) in [6, 6.07) is 8.36. The van der Waals surface area contributed by atoms with Crippen molar-refractivity contribution in [2.75, 3.05) is 17.4 Å². The molecule has 4 rings (SSSR count). The van der Waals surface area contributed by atoms with Gasteiger partial charge in [0.15, 0.2) is 5.17 Å². The van der Waals surface area contributed by atoms with Crippen molar-refractivity contribution >= 4 is 34.6 Å². The van der Waals surface area contributed by atoms with Gasteiger partial charge in [-0.3, -0.25) is 14.4 Å². The van der Waals surface area contributed by atoms with Gasteiger partial charge in [-0.1, -0.05) is 29.5 Å². The summed E-state index contributed by atoms with van der Waals surface area (Å²) in [6.45, 7) is 4.53. The SMILES string of the molecule is Cc1ccc(N2CSC3=NC(=Cc4cn(C)nc4C)C(=O)N3C2)cc1. The standard InChI is InChI=1S/C18H19N5OS/c1-12-4-6-15(7-5-12)22-10-23-17(24)16(19-18(23)25-11-22)8-14-9-21(3)20-13(14)2/h4-9H,10-11H2,1-3H3. The molecule has 0 saturated carbocycles. The predicted molar refractivity (Wildman–Crippen MR) is 101 cm³/mol. The van der Waals surface area contributed by atoms with Gasteiger partial charge in [0.1, 0.15) is 12.4 Å². The third kappa shape index (κ3) is 2.95. The largest absolute Gasteiger partial charge is 0.343 e. The van der Waals surface area contributed by atoms with Crippen molar-refractivity contribution in [1.82, 2.24) is 14.7 Å². The number of aliphatic imine (C=N–C) groups is 1. The molecule has 0 radical (unpaired) electrons. The molecule has 7 heteroatoms. The number of hydrogen-bond donors (Lipinski definition) is 0. The average molecular weight is 353 g/mol. The molecule has 0 bridgehead atoms. The molecular formula is C18H19N5OS. The Morgan fingerprint density at radius 1 is 1.20 bits per heavy atom. The van der Waals surface area contributed by atoms with E-state index < -0.39 is 0 Å². The van der Waals surface area contributed by atoms with E-state index in [4.69, 9.17) is 0 Å². The van der Waals surface area contributed by atoms with Crippen LogP contribution < -0.4 is 4.90 Å². The predicted octanol–water partition coefficient (Wildman–Crippen LogP) is 2.74. The molecule has 1 fully saturated rings. The number of carbonyl (C=O) groups is 1. The molecule has 128 valence electrons. The molecule has 2 aliphatic rings. The van der Waals surface area contributed by atoms with Crippen LogP contribution in [-0.2, 0) is 11.8 Å². The maximum atomic E-state index is 12.8. The first kappa shape index (κ1) is 16.0. The van der Waals surface area contributed by atoms with Crippen LogP contribution in [0.4, 0.5) is 5.69 Å². The van der Waals surface area contributed by atoms with Gasteiger partial charge < -0.3 is 4.90 Å². The number of nitrogens with zero attached hydrogens (tertiary/aromatic N) is 5. The van der Waals surface area contributed by atoms with Gasteiger partial charge in [0.25, 0.3) is 5.91 Å². The Kier molecular flexibility index (Phi) is 3.88. The van der Waals surface area contributed by atoms with E-state index in [9.17, 15) is 4.79 Å². The van der Waals surface area contributed by atoms with Crippen molar-refractivity contribution in [3.05, 3.63) is 53.0 Å². The maximum Gasteiger partial charge on any atom is 0.280 e. The molecule has 1 saturated heterocycles. The molecule has 1 aromatic heterocycles. The second-order valence-corrected chi connectivity index (χ2v) is 7.20. The zero-order valence-corrected chi connectivity index (χ0v) is 15.2. The minimum absolute atomic E-state index is 0.0532. The Labute approximate surface area is 150 Å². The van der Waals surface area contributed by atoms with E-state index in [1.54, 1.807) is 21.3 Å². The van der Waals surface area contributed by atoms with Gasteiger partial charge >= 0.3 is 0 Å². The first-order valence-electron chi connectivity index (χ1n) is 8.08. The topological polar surface area (TPSA) is 53.7 Å². The van der Waals surface area contributed by atoms with Crippen LogP contribution in [0.25, 0.3) is 6.08 Å². The zero-order valence-electron chi connectivity index (χ0n) is 14.4. The Bertz CT molecular complexity index is 897. The Hall–Kier alpha value is -2.54. The molecule has 1 aromatic carbocycles. The fourth-order valence-electron chi connectivity index (χ4n) is 2.93. The van der Waals surface area contributed by atoms with Crippen molar-refractivity contribution in [2.45, 2.75) is 13.8 Å². The molecule has 0 aliphatic carbocycles. The highest BCUT2D eigenvalue weighted by Gasteiger charge is 2.35. The molecular weight excluding hydrogens is 334 g/mol. The molecule has 0 N–H and O–H groups in total. The Morgan fingerprint density at radius 3 is 2.64 bits per heavy atom. The van der Waals surface area contributed by atoms with Crippen LogP contribution in [-0.4, -0.2) is 38.3 Å². The van der Waals surface area contributed by atoms with E-state index in [0.29, 0.717) is 12.4 Å². The van der Waals surface area contributed by atoms with Gasteiger partial charge in [0.05, 0.1) is 11.6 Å². The quantitative estimate of drug-likeness (QED) is 0.779. The molecule has 6 nitrogen and oxygen atoms in total. The number of carbonyl (C=O) groups excluding carboxylic acids is 1. The van der Waals surface area contributed by atoms with Crippen molar-refractivity contribution in [3.8, 4) is 0 Å². The van der Waals surface area contributed by atoms with Crippen LogP contribution in [0.2, 0.25) is 0 Å². The summed E-state index contributed by atoms with van der Waals surface area (Å²) < 4.78 is 1.75. The van der Waals surface area contributed by atoms with E-state index in [-0.39, 0.29) is 5.91 Å². The normalized spacial score (nSPS) is 18.8. The first-order valence-corrected chi connectivity index (χ1v) is 9.07. The van der Waals surface area contributed by atoms with Crippen molar-refractivity contribution < 1.29 is 4.79 Å². The molecule has 0 spiro atoms. The fourth-order valence-corrected chi connectivity index (χ4v) is 3.89. The van der Waals surface area contributed by atoms with Crippen LogP contribution in [0.15, 0.2) is 41.2 Å². The summed E-state index contributed by atoms with van der Waals surface area (Å²) in [5.74, 6) is 0.729. The summed E-state index contributed by atoms with van der Waals surface area (Å²) in [6.07, 6.45) is 3.73. The number of aromatic nitrogens is 2. The number of amidine groups is 1. The average Bonchev–Trinajstić information content (AvgIpc) is 3.07. The van der Waals surface area contributed by atoms with Gasteiger partial charge in [-0.05, 0) is 32.1 Å². The van der Waals surface area contributed by atoms with Crippen LogP contribution >= 0.6 is 11.8 Å². The lowest BCUT2D eigenvalue weighted by Gasteiger charge is -2.34. The van der Waals surface area contributed by atoms with Gasteiger partial charge in [0, 0.05) is 24.5 Å². The Balaban J connectivity index is 1.57. The molecule has 25 heavy (non-hydrogen) atoms. The van der Waals surface area contributed by atoms with E-state index in [2.05, 4.69) is 46.2 Å². The number of anilines is 1. The lowest BCUT2D eigenvalue weighted by molar-refractivity contribution is -0.122. The third-order valence-corrected chi connectivity index (χ3v) is 5.33. The highest BCUT2D eigenvalue weighted by molar-refractivity contribution is 8.14. The van der Waals surface area contributed by atoms with E-state index in [1.807, 2.05) is 26.2 Å². The molecule has 0 atom stereocenters. The maximum absolute atomic E-state index is 12.8. The second kappa shape index (κ2) is 6.07. The second-order valence-electron chi connectivity index (χ2n) is 6.29. The van der Waals surface area contributed by atoms with Crippen LogP contribution in [0, 0.1) is 13.8 Å². The van der Waals surface area contributed by atoms with E-state index >= 15 is 0 Å². The minimum atomic E-state index is -0.0532. The third-order valence-electron chi connectivity index (χ3n) is 4.32. The smallest absolute Gasteiger partial charge is 0.280 e. The molecule has 2 aliphatic heterocycles. The molecule has 2 aromatic rings. The number of aryl methyl sites for hydroxylation is 3. The van der Waals surface area contributed by atoms with Crippen LogP contribution in [0.1, 0.15) is 16.8 Å². The highest BCUT2D eigenvalue weighted by Crippen LogP contribution is 2.31. The van der Waals surface area contributed by atoms with E-state index in [1.165, 1.54) is 5.56 Å². The van der Waals surface area contributed by atoms with E-state index in [0.717, 1.165) is 28.0 Å². The van der Waals surface area contributed by atoms with Gasteiger partial charge in [-0.2, -0.15) is 5.10 Å². The summed E-state index contributed by atoms with van der Waals surface area (Å²) >= 11 is 1.59.